The highest BCUT2D eigenvalue weighted by Gasteiger charge is 2.37. The van der Waals surface area contributed by atoms with Crippen LogP contribution in [0.1, 0.15) is 42.4 Å². The number of halogens is 1. The molecule has 28 heavy (non-hydrogen) atoms. The van der Waals surface area contributed by atoms with Gasteiger partial charge >= 0.3 is 5.97 Å². The van der Waals surface area contributed by atoms with E-state index in [0.29, 0.717) is 23.6 Å². The fourth-order valence-electron chi connectivity index (χ4n) is 3.82. The molecular formula is C23H24ClNO3. The van der Waals surface area contributed by atoms with Crippen LogP contribution in [0.15, 0.2) is 59.8 Å². The zero-order valence-corrected chi connectivity index (χ0v) is 17.1. The summed E-state index contributed by atoms with van der Waals surface area (Å²) in [5.41, 5.74) is 4.27. The molecule has 1 aliphatic rings. The summed E-state index contributed by atoms with van der Waals surface area (Å²) >= 11 is 6.16. The average Bonchev–Trinajstić information content (AvgIpc) is 2.68. The van der Waals surface area contributed by atoms with Gasteiger partial charge in [0.1, 0.15) is 0 Å². The lowest BCUT2D eigenvalue weighted by Gasteiger charge is -2.35. The van der Waals surface area contributed by atoms with Crippen LogP contribution in [0.4, 0.5) is 0 Å². The third-order valence-electron chi connectivity index (χ3n) is 5.08. The molecule has 1 atom stereocenters. The van der Waals surface area contributed by atoms with Gasteiger partial charge < -0.3 is 9.64 Å². The molecule has 5 heteroatoms. The summed E-state index contributed by atoms with van der Waals surface area (Å²) in [7, 11) is 1.37. The number of allylic oxidation sites excluding steroid dienone is 1. The summed E-state index contributed by atoms with van der Waals surface area (Å²) in [5, 5.41) is 0.578. The lowest BCUT2D eigenvalue weighted by molar-refractivity contribution is -0.138. The van der Waals surface area contributed by atoms with Crippen LogP contribution in [-0.4, -0.2) is 23.9 Å². The SMILES string of the molecule is CCC1=C(C(=O)OC)[C@H](c2cccc(Cl)c2)CC(=O)N1Cc1cccc(C)c1. The van der Waals surface area contributed by atoms with Crippen molar-refractivity contribution in [2.75, 3.05) is 7.11 Å². The number of methoxy groups -OCH3 is 1. The van der Waals surface area contributed by atoms with Crippen molar-refractivity contribution in [3.8, 4) is 0 Å². The second-order valence-electron chi connectivity index (χ2n) is 6.99. The molecule has 0 unspecified atom stereocenters. The molecule has 0 radical (unpaired) electrons. The van der Waals surface area contributed by atoms with E-state index < -0.39 is 5.97 Å². The molecule has 1 heterocycles. The maximum atomic E-state index is 13.1. The lowest BCUT2D eigenvalue weighted by atomic mass is 9.82. The number of benzene rings is 2. The van der Waals surface area contributed by atoms with Crippen molar-refractivity contribution in [1.82, 2.24) is 4.90 Å². The second-order valence-corrected chi connectivity index (χ2v) is 7.42. The summed E-state index contributed by atoms with van der Waals surface area (Å²) < 4.78 is 5.09. The topological polar surface area (TPSA) is 46.6 Å². The second kappa shape index (κ2) is 8.61. The number of hydrogen-bond donors (Lipinski definition) is 0. The van der Waals surface area contributed by atoms with Gasteiger partial charge in [0, 0.05) is 23.1 Å². The highest BCUT2D eigenvalue weighted by atomic mass is 35.5. The van der Waals surface area contributed by atoms with Gasteiger partial charge in [-0.05, 0) is 36.6 Å². The van der Waals surface area contributed by atoms with Crippen molar-refractivity contribution in [3.63, 3.8) is 0 Å². The van der Waals surface area contributed by atoms with Crippen LogP contribution in [0.3, 0.4) is 0 Å². The molecule has 0 bridgehead atoms. The van der Waals surface area contributed by atoms with Crippen molar-refractivity contribution in [3.05, 3.63) is 81.5 Å². The average molecular weight is 398 g/mol. The first kappa shape index (κ1) is 20.2. The monoisotopic (exact) mass is 397 g/mol. The molecular weight excluding hydrogens is 374 g/mol. The van der Waals surface area contributed by atoms with Gasteiger partial charge in [-0.3, -0.25) is 4.79 Å². The Morgan fingerprint density at radius 3 is 2.61 bits per heavy atom. The van der Waals surface area contributed by atoms with E-state index in [0.717, 1.165) is 22.4 Å². The van der Waals surface area contributed by atoms with Crippen LogP contribution < -0.4 is 0 Å². The standard InChI is InChI=1S/C23H24ClNO3/c1-4-20-22(23(27)28-3)19(17-9-6-10-18(24)12-17)13-21(26)25(20)14-16-8-5-7-15(2)11-16/h5-12,19H,4,13-14H2,1-3H3/t19-/m0/s1. The molecule has 2 aromatic carbocycles. The molecule has 0 spiro atoms. The number of amides is 1. The van der Waals surface area contributed by atoms with Gasteiger partial charge in [-0.2, -0.15) is 0 Å². The van der Waals surface area contributed by atoms with Crippen LogP contribution in [0.25, 0.3) is 0 Å². The smallest absolute Gasteiger partial charge is 0.336 e. The molecule has 2 aromatic rings. The minimum Gasteiger partial charge on any atom is -0.466 e. The highest BCUT2D eigenvalue weighted by Crippen LogP contribution is 2.39. The number of carbonyl (C=O) groups excluding carboxylic acids is 2. The first-order valence-electron chi connectivity index (χ1n) is 9.37. The Bertz CT molecular complexity index is 935. The van der Waals surface area contributed by atoms with Crippen LogP contribution in [0, 0.1) is 6.92 Å². The summed E-state index contributed by atoms with van der Waals surface area (Å²) in [4.78, 5) is 27.5. The van der Waals surface area contributed by atoms with Gasteiger partial charge in [-0.1, -0.05) is 60.5 Å². The Balaban J connectivity index is 2.08. The number of hydrogen-bond acceptors (Lipinski definition) is 3. The first-order chi connectivity index (χ1) is 13.4. The summed E-state index contributed by atoms with van der Waals surface area (Å²) in [6.45, 7) is 4.41. The molecule has 0 aliphatic carbocycles. The number of carbonyl (C=O) groups is 2. The minimum atomic E-state index is -0.399. The normalized spacial score (nSPS) is 17.1. The predicted molar refractivity (Wildman–Crippen MR) is 110 cm³/mol. The fourth-order valence-corrected chi connectivity index (χ4v) is 4.02. The van der Waals surface area contributed by atoms with Gasteiger partial charge in [0.15, 0.2) is 0 Å². The molecule has 1 aliphatic heterocycles. The Kier molecular flexibility index (Phi) is 6.20. The Labute approximate surface area is 170 Å². The predicted octanol–water partition coefficient (Wildman–Crippen LogP) is 5.00. The maximum Gasteiger partial charge on any atom is 0.336 e. The van der Waals surface area contributed by atoms with Gasteiger partial charge in [0.2, 0.25) is 5.91 Å². The Morgan fingerprint density at radius 2 is 1.96 bits per heavy atom. The lowest BCUT2D eigenvalue weighted by Crippen LogP contribution is -2.38. The molecule has 0 fully saturated rings. The van der Waals surface area contributed by atoms with Gasteiger partial charge in [0.25, 0.3) is 0 Å². The zero-order valence-electron chi connectivity index (χ0n) is 16.4. The molecule has 0 N–H and O–H groups in total. The quantitative estimate of drug-likeness (QED) is 0.667. The van der Waals surface area contributed by atoms with E-state index in [9.17, 15) is 9.59 Å². The van der Waals surface area contributed by atoms with Crippen molar-refractivity contribution in [2.45, 2.75) is 39.2 Å². The number of rotatable bonds is 5. The number of aryl methyl sites for hydroxylation is 1. The molecule has 0 aromatic heterocycles. The summed E-state index contributed by atoms with van der Waals surface area (Å²) in [6, 6.07) is 15.4. The molecule has 1 amide bonds. The van der Waals surface area contributed by atoms with Crippen molar-refractivity contribution in [1.29, 1.82) is 0 Å². The van der Waals surface area contributed by atoms with Crippen molar-refractivity contribution < 1.29 is 14.3 Å². The van der Waals surface area contributed by atoms with E-state index in [1.165, 1.54) is 7.11 Å². The molecule has 0 saturated heterocycles. The van der Waals surface area contributed by atoms with Crippen LogP contribution in [-0.2, 0) is 20.9 Å². The van der Waals surface area contributed by atoms with Crippen LogP contribution in [0.2, 0.25) is 5.02 Å². The third kappa shape index (κ3) is 4.12. The maximum absolute atomic E-state index is 13.1. The first-order valence-corrected chi connectivity index (χ1v) is 9.75. The number of esters is 1. The minimum absolute atomic E-state index is 0.00372. The highest BCUT2D eigenvalue weighted by molar-refractivity contribution is 6.30. The number of nitrogens with zero attached hydrogens (tertiary/aromatic N) is 1. The van der Waals surface area contributed by atoms with Gasteiger partial charge in [-0.25, -0.2) is 4.79 Å². The molecule has 4 nitrogen and oxygen atoms in total. The third-order valence-corrected chi connectivity index (χ3v) is 5.31. The summed E-state index contributed by atoms with van der Waals surface area (Å²) in [6.07, 6.45) is 0.763. The summed E-state index contributed by atoms with van der Waals surface area (Å²) in [5.74, 6) is -0.762. The van der Waals surface area contributed by atoms with E-state index in [-0.39, 0.29) is 18.2 Å². The van der Waals surface area contributed by atoms with Crippen LogP contribution >= 0.6 is 11.6 Å². The Hall–Kier alpha value is -2.59. The van der Waals surface area contributed by atoms with Gasteiger partial charge in [0.05, 0.1) is 19.2 Å². The van der Waals surface area contributed by atoms with E-state index in [2.05, 4.69) is 6.07 Å². The number of ether oxygens (including phenoxy) is 1. The largest absolute Gasteiger partial charge is 0.466 e. The van der Waals surface area contributed by atoms with E-state index >= 15 is 0 Å². The fraction of sp³-hybridized carbons (Fsp3) is 0.304. The van der Waals surface area contributed by atoms with E-state index in [1.54, 1.807) is 11.0 Å². The molecule has 3 rings (SSSR count). The van der Waals surface area contributed by atoms with Crippen molar-refractivity contribution >= 4 is 23.5 Å². The Morgan fingerprint density at radius 1 is 1.21 bits per heavy atom. The van der Waals surface area contributed by atoms with E-state index in [4.69, 9.17) is 16.3 Å². The zero-order chi connectivity index (χ0) is 20.3. The van der Waals surface area contributed by atoms with Crippen molar-refractivity contribution in [2.24, 2.45) is 0 Å². The molecule has 146 valence electrons. The van der Waals surface area contributed by atoms with Crippen LogP contribution in [0.5, 0.6) is 0 Å². The van der Waals surface area contributed by atoms with Gasteiger partial charge in [-0.15, -0.1) is 0 Å². The van der Waals surface area contributed by atoms with E-state index in [1.807, 2.05) is 50.2 Å². The molecule has 0 saturated carbocycles.